The van der Waals surface area contributed by atoms with E-state index in [4.69, 9.17) is 4.74 Å². The Morgan fingerprint density at radius 1 is 1.38 bits per heavy atom. The Balaban J connectivity index is 1.72. The summed E-state index contributed by atoms with van der Waals surface area (Å²) < 4.78 is 6.81. The number of hydrogen-bond donors (Lipinski definition) is 1. The Morgan fingerprint density at radius 3 is 2.83 bits per heavy atom. The number of amides is 2. The Hall–Kier alpha value is -2.83. The molecule has 1 aliphatic heterocycles. The summed E-state index contributed by atoms with van der Waals surface area (Å²) in [7, 11) is 3.35. The first-order chi connectivity index (χ1) is 11.5. The van der Waals surface area contributed by atoms with E-state index in [1.54, 1.807) is 35.9 Å². The number of aryl methyl sites for hydroxylation is 2. The molecule has 7 nitrogen and oxygen atoms in total. The normalized spacial score (nSPS) is 17.2. The predicted octanol–water partition coefficient (Wildman–Crippen LogP) is 1.73. The summed E-state index contributed by atoms with van der Waals surface area (Å²) in [5, 5.41) is 7.04. The molecule has 0 bridgehead atoms. The number of aromatic nitrogens is 2. The van der Waals surface area contributed by atoms with E-state index in [1.807, 2.05) is 25.1 Å². The van der Waals surface area contributed by atoms with Gasteiger partial charge in [-0.15, -0.1) is 0 Å². The molecule has 7 heteroatoms. The predicted molar refractivity (Wildman–Crippen MR) is 90.0 cm³/mol. The van der Waals surface area contributed by atoms with Crippen LogP contribution < -0.4 is 15.0 Å². The van der Waals surface area contributed by atoms with E-state index < -0.39 is 0 Å². The molecule has 1 aromatic heterocycles. The van der Waals surface area contributed by atoms with Crippen LogP contribution in [0.1, 0.15) is 12.1 Å². The first-order valence-corrected chi connectivity index (χ1v) is 7.74. The van der Waals surface area contributed by atoms with Crippen molar-refractivity contribution in [2.24, 2.45) is 13.0 Å². The van der Waals surface area contributed by atoms with Gasteiger partial charge in [0.25, 0.3) is 0 Å². The topological polar surface area (TPSA) is 76.5 Å². The molecule has 0 radical (unpaired) electrons. The molecule has 3 rings (SSSR count). The minimum absolute atomic E-state index is 0.0652. The molecule has 126 valence electrons. The van der Waals surface area contributed by atoms with Crippen LogP contribution in [0.5, 0.6) is 5.75 Å². The smallest absolute Gasteiger partial charge is 0.230 e. The van der Waals surface area contributed by atoms with Gasteiger partial charge < -0.3 is 15.0 Å². The second kappa shape index (κ2) is 6.35. The van der Waals surface area contributed by atoms with Gasteiger partial charge >= 0.3 is 0 Å². The number of carbonyl (C=O) groups is 2. The number of benzene rings is 1. The number of ether oxygens (including phenoxy) is 1. The van der Waals surface area contributed by atoms with Crippen molar-refractivity contribution in [3.05, 3.63) is 36.0 Å². The van der Waals surface area contributed by atoms with Gasteiger partial charge in [0, 0.05) is 37.8 Å². The van der Waals surface area contributed by atoms with Crippen LogP contribution in [-0.4, -0.2) is 35.2 Å². The average molecular weight is 328 g/mol. The Kier molecular flexibility index (Phi) is 4.24. The van der Waals surface area contributed by atoms with Gasteiger partial charge in [0.15, 0.2) is 0 Å². The summed E-state index contributed by atoms with van der Waals surface area (Å²) in [6.45, 7) is 2.22. The van der Waals surface area contributed by atoms with Gasteiger partial charge in [-0.1, -0.05) is 6.07 Å². The lowest BCUT2D eigenvalue weighted by molar-refractivity contribution is -0.122. The fourth-order valence-electron chi connectivity index (χ4n) is 2.87. The standard InChI is InChI=1S/C17H20N4O3/c1-11-7-15(20(2)19-11)18-17(23)12-8-16(22)21(10-12)13-5-4-6-14(9-13)24-3/h4-7,9,12H,8,10H2,1-3H3,(H,18,23)/t12-/m1/s1. The molecular weight excluding hydrogens is 308 g/mol. The van der Waals surface area contributed by atoms with Crippen LogP contribution >= 0.6 is 0 Å². The van der Waals surface area contributed by atoms with Crippen molar-refractivity contribution in [3.63, 3.8) is 0 Å². The maximum atomic E-state index is 12.5. The summed E-state index contributed by atoms with van der Waals surface area (Å²) in [4.78, 5) is 26.4. The van der Waals surface area contributed by atoms with Crippen molar-refractivity contribution in [1.82, 2.24) is 9.78 Å². The van der Waals surface area contributed by atoms with E-state index in [0.29, 0.717) is 18.1 Å². The minimum atomic E-state index is -0.390. The maximum absolute atomic E-state index is 12.5. The van der Waals surface area contributed by atoms with E-state index in [0.717, 1.165) is 11.4 Å². The molecule has 0 spiro atoms. The quantitative estimate of drug-likeness (QED) is 0.927. The third-order valence-corrected chi connectivity index (χ3v) is 4.11. The first kappa shape index (κ1) is 16.0. The van der Waals surface area contributed by atoms with E-state index in [9.17, 15) is 9.59 Å². The van der Waals surface area contributed by atoms with Gasteiger partial charge in [0.05, 0.1) is 18.7 Å². The molecule has 0 aliphatic carbocycles. The first-order valence-electron chi connectivity index (χ1n) is 7.74. The van der Waals surface area contributed by atoms with E-state index >= 15 is 0 Å². The van der Waals surface area contributed by atoms with Crippen LogP contribution in [0.15, 0.2) is 30.3 Å². The van der Waals surface area contributed by atoms with Crippen LogP contribution in [0.2, 0.25) is 0 Å². The molecule has 1 aromatic carbocycles. The summed E-state index contributed by atoms with van der Waals surface area (Å²) in [5.74, 6) is 0.684. The van der Waals surface area contributed by atoms with Crippen LogP contribution in [0.3, 0.4) is 0 Å². The molecule has 1 saturated heterocycles. The van der Waals surface area contributed by atoms with Gasteiger partial charge in [-0.05, 0) is 19.1 Å². The highest BCUT2D eigenvalue weighted by Crippen LogP contribution is 2.28. The summed E-state index contributed by atoms with van der Waals surface area (Å²) in [6.07, 6.45) is 0.194. The molecule has 2 amide bonds. The zero-order chi connectivity index (χ0) is 17.3. The fourth-order valence-corrected chi connectivity index (χ4v) is 2.87. The SMILES string of the molecule is COc1cccc(N2C[C@H](C(=O)Nc3cc(C)nn3C)CC2=O)c1. The molecule has 1 aliphatic rings. The van der Waals surface area contributed by atoms with Crippen LogP contribution in [0.25, 0.3) is 0 Å². The lowest BCUT2D eigenvalue weighted by atomic mass is 10.1. The lowest BCUT2D eigenvalue weighted by Crippen LogP contribution is -2.28. The van der Waals surface area contributed by atoms with E-state index in [2.05, 4.69) is 10.4 Å². The fraction of sp³-hybridized carbons (Fsp3) is 0.353. The molecular formula is C17H20N4O3. The second-order valence-corrected chi connectivity index (χ2v) is 5.89. The van der Waals surface area contributed by atoms with E-state index in [-0.39, 0.29) is 24.2 Å². The summed E-state index contributed by atoms with van der Waals surface area (Å²) in [6, 6.07) is 9.08. The highest BCUT2D eigenvalue weighted by atomic mass is 16.5. The Labute approximate surface area is 140 Å². The molecule has 0 unspecified atom stereocenters. The zero-order valence-corrected chi connectivity index (χ0v) is 13.9. The maximum Gasteiger partial charge on any atom is 0.230 e. The molecule has 24 heavy (non-hydrogen) atoms. The minimum Gasteiger partial charge on any atom is -0.497 e. The molecule has 1 N–H and O–H groups in total. The Bertz CT molecular complexity index is 784. The van der Waals surface area contributed by atoms with Crippen molar-refractivity contribution in [2.75, 3.05) is 23.9 Å². The second-order valence-electron chi connectivity index (χ2n) is 5.89. The average Bonchev–Trinajstić information content (AvgIpc) is 3.10. The van der Waals surface area contributed by atoms with Crippen LogP contribution in [0.4, 0.5) is 11.5 Å². The molecule has 2 heterocycles. The van der Waals surface area contributed by atoms with Gasteiger partial charge in [0.2, 0.25) is 11.8 Å². The van der Waals surface area contributed by atoms with Crippen molar-refractivity contribution < 1.29 is 14.3 Å². The largest absolute Gasteiger partial charge is 0.497 e. The number of anilines is 2. The number of carbonyl (C=O) groups excluding carboxylic acids is 2. The molecule has 2 aromatic rings. The molecule has 1 fully saturated rings. The number of hydrogen-bond acceptors (Lipinski definition) is 4. The van der Waals surface area contributed by atoms with Crippen molar-refractivity contribution in [2.45, 2.75) is 13.3 Å². The summed E-state index contributed by atoms with van der Waals surface area (Å²) in [5.41, 5.74) is 1.57. The third kappa shape index (κ3) is 3.10. The Morgan fingerprint density at radius 2 is 2.17 bits per heavy atom. The highest BCUT2D eigenvalue weighted by Gasteiger charge is 2.35. The van der Waals surface area contributed by atoms with Crippen LogP contribution in [-0.2, 0) is 16.6 Å². The third-order valence-electron chi connectivity index (χ3n) is 4.11. The van der Waals surface area contributed by atoms with E-state index in [1.165, 1.54) is 0 Å². The number of methoxy groups -OCH3 is 1. The monoisotopic (exact) mass is 328 g/mol. The van der Waals surface area contributed by atoms with Crippen molar-refractivity contribution in [1.29, 1.82) is 0 Å². The van der Waals surface area contributed by atoms with Gasteiger partial charge in [-0.2, -0.15) is 5.10 Å². The van der Waals surface area contributed by atoms with Crippen LogP contribution in [0, 0.1) is 12.8 Å². The number of rotatable bonds is 4. The lowest BCUT2D eigenvalue weighted by Gasteiger charge is -2.17. The van der Waals surface area contributed by atoms with Gasteiger partial charge in [0.1, 0.15) is 11.6 Å². The molecule has 1 atom stereocenters. The number of nitrogens with one attached hydrogen (secondary N) is 1. The van der Waals surface area contributed by atoms with Gasteiger partial charge in [-0.3, -0.25) is 14.3 Å². The van der Waals surface area contributed by atoms with Crippen molar-refractivity contribution in [3.8, 4) is 5.75 Å². The van der Waals surface area contributed by atoms with Gasteiger partial charge in [-0.25, -0.2) is 0 Å². The zero-order valence-electron chi connectivity index (χ0n) is 13.9. The van der Waals surface area contributed by atoms with Crippen molar-refractivity contribution >= 4 is 23.3 Å². The molecule has 0 saturated carbocycles. The summed E-state index contributed by atoms with van der Waals surface area (Å²) >= 11 is 0. The highest BCUT2D eigenvalue weighted by molar-refractivity contribution is 6.03. The number of nitrogens with zero attached hydrogens (tertiary/aromatic N) is 3.